The largest absolute Gasteiger partial charge is 0.487 e. The molecule has 1 aromatic rings. The van der Waals surface area contributed by atoms with Crippen molar-refractivity contribution in [3.05, 3.63) is 27.8 Å². The molecule has 0 aliphatic heterocycles. The van der Waals surface area contributed by atoms with Crippen LogP contribution in [0.5, 0.6) is 5.75 Å². The third-order valence-corrected chi connectivity index (χ3v) is 2.74. The van der Waals surface area contributed by atoms with E-state index in [9.17, 15) is 0 Å². The summed E-state index contributed by atoms with van der Waals surface area (Å²) in [6.07, 6.45) is 0.0585. The van der Waals surface area contributed by atoms with Crippen molar-refractivity contribution in [3.8, 4) is 5.75 Å². The molecule has 0 aliphatic carbocycles. The molecule has 90 valence electrons. The first-order valence-electron chi connectivity index (χ1n) is 5.38. The molecular formula is C12H18INO2. The van der Waals surface area contributed by atoms with Crippen LogP contribution in [-0.2, 0) is 4.74 Å². The van der Waals surface area contributed by atoms with E-state index in [-0.39, 0.29) is 6.10 Å². The van der Waals surface area contributed by atoms with Crippen molar-refractivity contribution in [2.45, 2.75) is 13.0 Å². The summed E-state index contributed by atoms with van der Waals surface area (Å²) in [4.78, 5) is 0. The molecule has 16 heavy (non-hydrogen) atoms. The number of methoxy groups -OCH3 is 1. The highest BCUT2D eigenvalue weighted by Gasteiger charge is 2.09. The summed E-state index contributed by atoms with van der Waals surface area (Å²) >= 11 is 2.28. The molecule has 1 unspecified atom stereocenters. The maximum absolute atomic E-state index is 5.85. The summed E-state index contributed by atoms with van der Waals surface area (Å²) in [6, 6.07) is 8.03. The molecule has 0 radical (unpaired) electrons. The lowest BCUT2D eigenvalue weighted by Crippen LogP contribution is -2.34. The van der Waals surface area contributed by atoms with Gasteiger partial charge in [0.25, 0.3) is 0 Å². The van der Waals surface area contributed by atoms with E-state index in [4.69, 9.17) is 9.47 Å². The van der Waals surface area contributed by atoms with Gasteiger partial charge in [0.2, 0.25) is 0 Å². The van der Waals surface area contributed by atoms with Gasteiger partial charge in [-0.3, -0.25) is 0 Å². The van der Waals surface area contributed by atoms with Gasteiger partial charge in [-0.1, -0.05) is 13.0 Å². The van der Waals surface area contributed by atoms with Crippen molar-refractivity contribution in [1.82, 2.24) is 5.32 Å². The van der Waals surface area contributed by atoms with Gasteiger partial charge in [-0.2, -0.15) is 0 Å². The fourth-order valence-electron chi connectivity index (χ4n) is 1.36. The van der Waals surface area contributed by atoms with Gasteiger partial charge in [0.05, 0.1) is 6.61 Å². The second kappa shape index (κ2) is 7.86. The molecule has 1 aromatic carbocycles. The number of likely N-dealkylation sites (N-methyl/N-ethyl adjacent to an activating group) is 1. The topological polar surface area (TPSA) is 30.5 Å². The molecule has 1 rings (SSSR count). The molecule has 4 heteroatoms. The Hall–Kier alpha value is -0.330. The maximum Gasteiger partial charge on any atom is 0.134 e. The van der Waals surface area contributed by atoms with E-state index >= 15 is 0 Å². The van der Waals surface area contributed by atoms with Crippen molar-refractivity contribution >= 4 is 22.6 Å². The van der Waals surface area contributed by atoms with Gasteiger partial charge >= 0.3 is 0 Å². The highest BCUT2D eigenvalue weighted by molar-refractivity contribution is 14.1. The predicted molar refractivity (Wildman–Crippen MR) is 74.0 cm³/mol. The third-order valence-electron chi connectivity index (χ3n) is 2.07. The summed E-state index contributed by atoms with van der Waals surface area (Å²) in [6.45, 7) is 4.42. The van der Waals surface area contributed by atoms with Crippen molar-refractivity contribution in [1.29, 1.82) is 0 Å². The minimum atomic E-state index is 0.0585. The standard InChI is InChI=1S/C12H18INO2/c1-3-14-8-12(9-15-2)16-11-6-4-5-10(13)7-11/h4-7,12,14H,3,8-9H2,1-2H3. The molecule has 0 aromatic heterocycles. The Morgan fingerprint density at radius 3 is 2.88 bits per heavy atom. The normalized spacial score (nSPS) is 12.4. The van der Waals surface area contributed by atoms with Crippen LogP contribution in [0.15, 0.2) is 24.3 Å². The van der Waals surface area contributed by atoms with Crippen molar-refractivity contribution in [3.63, 3.8) is 0 Å². The van der Waals surface area contributed by atoms with Crippen molar-refractivity contribution < 1.29 is 9.47 Å². The van der Waals surface area contributed by atoms with Crippen LogP contribution < -0.4 is 10.1 Å². The molecule has 3 nitrogen and oxygen atoms in total. The second-order valence-electron chi connectivity index (χ2n) is 3.46. The van der Waals surface area contributed by atoms with Gasteiger partial charge in [-0.05, 0) is 47.3 Å². The van der Waals surface area contributed by atoms with Crippen LogP contribution in [-0.4, -0.2) is 32.9 Å². The zero-order valence-electron chi connectivity index (χ0n) is 9.70. The molecule has 0 amide bonds. The molecule has 1 N–H and O–H groups in total. The lowest BCUT2D eigenvalue weighted by Gasteiger charge is -2.18. The average Bonchev–Trinajstić information content (AvgIpc) is 2.26. The smallest absolute Gasteiger partial charge is 0.134 e. The Bertz CT molecular complexity index is 307. The number of hydrogen-bond donors (Lipinski definition) is 1. The monoisotopic (exact) mass is 335 g/mol. The van der Waals surface area contributed by atoms with Crippen LogP contribution >= 0.6 is 22.6 Å². The van der Waals surface area contributed by atoms with E-state index in [2.05, 4.69) is 34.8 Å². The van der Waals surface area contributed by atoms with E-state index in [1.54, 1.807) is 7.11 Å². The fourth-order valence-corrected chi connectivity index (χ4v) is 1.87. The van der Waals surface area contributed by atoms with Crippen LogP contribution in [0.25, 0.3) is 0 Å². The Balaban J connectivity index is 2.52. The second-order valence-corrected chi connectivity index (χ2v) is 4.71. The molecule has 0 spiro atoms. The minimum Gasteiger partial charge on any atom is -0.487 e. The van der Waals surface area contributed by atoms with E-state index in [0.29, 0.717) is 6.61 Å². The number of hydrogen-bond acceptors (Lipinski definition) is 3. The third kappa shape index (κ3) is 5.14. The molecule has 0 saturated carbocycles. The number of halogens is 1. The lowest BCUT2D eigenvalue weighted by molar-refractivity contribution is 0.0809. The Kier molecular flexibility index (Phi) is 6.75. The SMILES string of the molecule is CCNCC(COC)Oc1cccc(I)c1. The highest BCUT2D eigenvalue weighted by Crippen LogP contribution is 2.16. The fraction of sp³-hybridized carbons (Fsp3) is 0.500. The molecule has 1 atom stereocenters. The summed E-state index contributed by atoms with van der Waals surface area (Å²) in [5.41, 5.74) is 0. The van der Waals surface area contributed by atoms with Gasteiger partial charge < -0.3 is 14.8 Å². The lowest BCUT2D eigenvalue weighted by atomic mass is 10.3. The average molecular weight is 335 g/mol. The first-order valence-corrected chi connectivity index (χ1v) is 6.46. The van der Waals surface area contributed by atoms with Gasteiger partial charge in [0, 0.05) is 17.2 Å². The van der Waals surface area contributed by atoms with Crippen LogP contribution in [0, 0.1) is 3.57 Å². The first-order chi connectivity index (χ1) is 7.76. The molecular weight excluding hydrogens is 317 g/mol. The molecule has 0 aliphatic rings. The Labute approximate surface area is 111 Å². The van der Waals surface area contributed by atoms with Gasteiger partial charge in [-0.15, -0.1) is 0 Å². The molecule has 0 heterocycles. The molecule has 0 fully saturated rings. The summed E-state index contributed by atoms with van der Waals surface area (Å²) in [7, 11) is 1.69. The summed E-state index contributed by atoms with van der Waals surface area (Å²) in [5, 5.41) is 3.26. The van der Waals surface area contributed by atoms with Crippen molar-refractivity contribution in [2.24, 2.45) is 0 Å². The predicted octanol–water partition coefficient (Wildman–Crippen LogP) is 2.29. The zero-order chi connectivity index (χ0) is 11.8. The first kappa shape index (κ1) is 13.7. The minimum absolute atomic E-state index is 0.0585. The zero-order valence-corrected chi connectivity index (χ0v) is 11.9. The van der Waals surface area contributed by atoms with Crippen LogP contribution in [0.1, 0.15) is 6.92 Å². The number of benzene rings is 1. The van der Waals surface area contributed by atoms with E-state index in [1.807, 2.05) is 24.3 Å². The van der Waals surface area contributed by atoms with E-state index in [0.717, 1.165) is 18.8 Å². The number of nitrogens with one attached hydrogen (secondary N) is 1. The maximum atomic E-state index is 5.85. The molecule has 0 bridgehead atoms. The quantitative estimate of drug-likeness (QED) is 0.776. The summed E-state index contributed by atoms with van der Waals surface area (Å²) in [5.74, 6) is 0.895. The highest BCUT2D eigenvalue weighted by atomic mass is 127. The number of rotatable bonds is 7. The molecule has 0 saturated heterocycles. The van der Waals surface area contributed by atoms with Gasteiger partial charge in [0.1, 0.15) is 11.9 Å². The van der Waals surface area contributed by atoms with Crippen LogP contribution in [0.4, 0.5) is 0 Å². The van der Waals surface area contributed by atoms with Gasteiger partial charge in [-0.25, -0.2) is 0 Å². The summed E-state index contributed by atoms with van der Waals surface area (Å²) < 4.78 is 12.2. The van der Waals surface area contributed by atoms with Crippen LogP contribution in [0.3, 0.4) is 0 Å². The van der Waals surface area contributed by atoms with Gasteiger partial charge in [0.15, 0.2) is 0 Å². The van der Waals surface area contributed by atoms with Crippen molar-refractivity contribution in [2.75, 3.05) is 26.8 Å². The Morgan fingerprint density at radius 1 is 1.44 bits per heavy atom. The Morgan fingerprint density at radius 2 is 2.25 bits per heavy atom. The van der Waals surface area contributed by atoms with E-state index in [1.165, 1.54) is 3.57 Å². The van der Waals surface area contributed by atoms with E-state index < -0.39 is 0 Å². The number of ether oxygens (including phenoxy) is 2. The van der Waals surface area contributed by atoms with Crippen LogP contribution in [0.2, 0.25) is 0 Å².